The van der Waals surface area contributed by atoms with Crippen LogP contribution in [0.5, 0.6) is 5.75 Å². The Balaban J connectivity index is 2.02. The molecule has 0 spiro atoms. The van der Waals surface area contributed by atoms with Crippen LogP contribution in [0.15, 0.2) is 51.7 Å². The minimum absolute atomic E-state index is 0.181. The van der Waals surface area contributed by atoms with Crippen molar-refractivity contribution in [3.63, 3.8) is 0 Å². The fourth-order valence-electron chi connectivity index (χ4n) is 2.37. The second-order valence-corrected chi connectivity index (χ2v) is 5.99. The van der Waals surface area contributed by atoms with Crippen molar-refractivity contribution in [2.75, 3.05) is 11.9 Å². The number of hydrogen-bond donors (Lipinski definition) is 1. The summed E-state index contributed by atoms with van der Waals surface area (Å²) in [6.07, 6.45) is 0. The highest BCUT2D eigenvalue weighted by Gasteiger charge is 2.15. The maximum Gasteiger partial charge on any atom is 0.337 e. The summed E-state index contributed by atoms with van der Waals surface area (Å²) < 4.78 is 10.6. The third kappa shape index (κ3) is 3.78. The van der Waals surface area contributed by atoms with E-state index < -0.39 is 11.5 Å². The SMILES string of the molecule is CCOc1ccc2c(C(=O)Nc3ccc(Cl)cc3Cl)cc(=O)oc2c1. The van der Waals surface area contributed by atoms with Gasteiger partial charge in [0.1, 0.15) is 11.3 Å². The van der Waals surface area contributed by atoms with Crippen molar-refractivity contribution in [2.45, 2.75) is 6.92 Å². The molecule has 1 aromatic heterocycles. The number of halogens is 2. The molecule has 0 aliphatic rings. The van der Waals surface area contributed by atoms with Gasteiger partial charge < -0.3 is 14.5 Å². The predicted octanol–water partition coefficient (Wildman–Crippen LogP) is 4.75. The number of hydrogen-bond acceptors (Lipinski definition) is 4. The first-order chi connectivity index (χ1) is 12.0. The molecule has 0 unspecified atom stereocenters. The number of anilines is 1. The van der Waals surface area contributed by atoms with Crippen molar-refractivity contribution in [3.8, 4) is 5.75 Å². The number of amides is 1. The Bertz CT molecular complexity index is 1010. The van der Waals surface area contributed by atoms with Gasteiger partial charge in [0, 0.05) is 22.5 Å². The topological polar surface area (TPSA) is 68.5 Å². The van der Waals surface area contributed by atoms with Crippen molar-refractivity contribution in [2.24, 2.45) is 0 Å². The second-order valence-electron chi connectivity index (χ2n) is 5.15. The monoisotopic (exact) mass is 377 g/mol. The Hall–Kier alpha value is -2.50. The van der Waals surface area contributed by atoms with Gasteiger partial charge in [-0.25, -0.2) is 4.79 Å². The molecule has 1 N–H and O–H groups in total. The van der Waals surface area contributed by atoms with Gasteiger partial charge in [0.25, 0.3) is 5.91 Å². The molecule has 25 heavy (non-hydrogen) atoms. The lowest BCUT2D eigenvalue weighted by Gasteiger charge is -2.10. The maximum absolute atomic E-state index is 12.6. The summed E-state index contributed by atoms with van der Waals surface area (Å²) in [4.78, 5) is 24.4. The maximum atomic E-state index is 12.6. The molecule has 0 atom stereocenters. The van der Waals surface area contributed by atoms with Crippen LogP contribution in [0.3, 0.4) is 0 Å². The standard InChI is InChI=1S/C18H13Cl2NO4/c1-2-24-11-4-5-12-13(9-17(22)25-16(12)8-11)18(23)21-15-6-3-10(19)7-14(15)20/h3-9H,2H2,1H3,(H,21,23). The number of rotatable bonds is 4. The number of carbonyl (C=O) groups excluding carboxylic acids is 1. The first-order valence-corrected chi connectivity index (χ1v) is 8.20. The molecular formula is C18H13Cl2NO4. The predicted molar refractivity (Wildman–Crippen MR) is 98.1 cm³/mol. The Kier molecular flexibility index (Phi) is 4.97. The summed E-state index contributed by atoms with van der Waals surface area (Å²) in [6.45, 7) is 2.32. The molecule has 0 aliphatic heterocycles. The largest absolute Gasteiger partial charge is 0.494 e. The van der Waals surface area contributed by atoms with Crippen LogP contribution in [-0.2, 0) is 0 Å². The van der Waals surface area contributed by atoms with Crippen molar-refractivity contribution in [1.29, 1.82) is 0 Å². The molecule has 0 radical (unpaired) electrons. The average Bonchev–Trinajstić information content (AvgIpc) is 2.56. The number of carbonyl (C=O) groups is 1. The molecule has 5 nitrogen and oxygen atoms in total. The van der Waals surface area contributed by atoms with Gasteiger partial charge in [-0.1, -0.05) is 23.2 Å². The fourth-order valence-corrected chi connectivity index (χ4v) is 2.82. The zero-order valence-corrected chi connectivity index (χ0v) is 14.6. The van der Waals surface area contributed by atoms with Crippen LogP contribution in [0.25, 0.3) is 11.0 Å². The summed E-state index contributed by atoms with van der Waals surface area (Å²) in [5, 5.41) is 3.92. The van der Waals surface area contributed by atoms with Crippen LogP contribution in [0.4, 0.5) is 5.69 Å². The van der Waals surface area contributed by atoms with E-state index in [2.05, 4.69) is 5.32 Å². The van der Waals surface area contributed by atoms with Gasteiger partial charge in [0.15, 0.2) is 0 Å². The number of nitrogens with one attached hydrogen (secondary N) is 1. The molecule has 0 aliphatic carbocycles. The average molecular weight is 378 g/mol. The Morgan fingerprint density at radius 2 is 1.96 bits per heavy atom. The van der Waals surface area contributed by atoms with Crippen molar-refractivity contribution in [1.82, 2.24) is 0 Å². The summed E-state index contributed by atoms with van der Waals surface area (Å²) in [7, 11) is 0. The van der Waals surface area contributed by atoms with Gasteiger partial charge in [0.05, 0.1) is 22.9 Å². The van der Waals surface area contributed by atoms with Gasteiger partial charge in [-0.2, -0.15) is 0 Å². The van der Waals surface area contributed by atoms with E-state index in [0.29, 0.717) is 33.5 Å². The van der Waals surface area contributed by atoms with E-state index in [4.69, 9.17) is 32.4 Å². The number of ether oxygens (including phenoxy) is 1. The van der Waals surface area contributed by atoms with Crippen LogP contribution in [0.1, 0.15) is 17.3 Å². The van der Waals surface area contributed by atoms with E-state index in [9.17, 15) is 9.59 Å². The minimum atomic E-state index is -0.631. The highest BCUT2D eigenvalue weighted by Crippen LogP contribution is 2.27. The highest BCUT2D eigenvalue weighted by molar-refractivity contribution is 6.37. The zero-order valence-electron chi connectivity index (χ0n) is 13.1. The molecule has 0 bridgehead atoms. The van der Waals surface area contributed by atoms with E-state index in [0.717, 1.165) is 6.07 Å². The smallest absolute Gasteiger partial charge is 0.337 e. The number of fused-ring (bicyclic) bond motifs is 1. The molecular weight excluding hydrogens is 365 g/mol. The zero-order chi connectivity index (χ0) is 18.0. The highest BCUT2D eigenvalue weighted by atomic mass is 35.5. The summed E-state index contributed by atoms with van der Waals surface area (Å²) in [5.41, 5.74) is 0.211. The second kappa shape index (κ2) is 7.17. The Morgan fingerprint density at radius 1 is 1.16 bits per heavy atom. The lowest BCUT2D eigenvalue weighted by atomic mass is 10.1. The molecule has 1 amide bonds. The van der Waals surface area contributed by atoms with Crippen LogP contribution in [0.2, 0.25) is 10.0 Å². The van der Waals surface area contributed by atoms with E-state index in [1.807, 2.05) is 6.92 Å². The summed E-state index contributed by atoms with van der Waals surface area (Å²) >= 11 is 11.9. The van der Waals surface area contributed by atoms with Crippen LogP contribution < -0.4 is 15.7 Å². The van der Waals surface area contributed by atoms with E-state index in [-0.39, 0.29) is 11.1 Å². The third-order valence-corrected chi connectivity index (χ3v) is 4.00. The van der Waals surface area contributed by atoms with Crippen molar-refractivity contribution >= 4 is 45.8 Å². The van der Waals surface area contributed by atoms with Crippen LogP contribution in [0, 0.1) is 0 Å². The number of benzene rings is 2. The molecule has 2 aromatic carbocycles. The normalized spacial score (nSPS) is 10.7. The lowest BCUT2D eigenvalue weighted by molar-refractivity contribution is 0.102. The van der Waals surface area contributed by atoms with E-state index in [1.165, 1.54) is 6.07 Å². The van der Waals surface area contributed by atoms with Gasteiger partial charge >= 0.3 is 5.63 Å². The molecule has 0 fully saturated rings. The molecule has 1 heterocycles. The molecule has 7 heteroatoms. The molecule has 0 saturated carbocycles. The lowest BCUT2D eigenvalue weighted by Crippen LogP contribution is -2.15. The minimum Gasteiger partial charge on any atom is -0.494 e. The van der Waals surface area contributed by atoms with E-state index >= 15 is 0 Å². The van der Waals surface area contributed by atoms with E-state index in [1.54, 1.807) is 30.3 Å². The fraction of sp³-hybridized carbons (Fsp3) is 0.111. The summed E-state index contributed by atoms with van der Waals surface area (Å²) in [5.74, 6) is 0.0720. The van der Waals surface area contributed by atoms with Gasteiger partial charge in [-0.15, -0.1) is 0 Å². The first-order valence-electron chi connectivity index (χ1n) is 7.45. The quantitative estimate of drug-likeness (QED) is 0.666. The molecule has 3 aromatic rings. The van der Waals surface area contributed by atoms with Crippen LogP contribution >= 0.6 is 23.2 Å². The summed E-state index contributed by atoms with van der Waals surface area (Å²) in [6, 6.07) is 10.8. The molecule has 128 valence electrons. The Labute approximate surface area is 153 Å². The van der Waals surface area contributed by atoms with Crippen LogP contribution in [-0.4, -0.2) is 12.5 Å². The van der Waals surface area contributed by atoms with Gasteiger partial charge in [-0.3, -0.25) is 4.79 Å². The van der Waals surface area contributed by atoms with Crippen molar-refractivity contribution < 1.29 is 13.9 Å². The Morgan fingerprint density at radius 3 is 2.68 bits per heavy atom. The van der Waals surface area contributed by atoms with Gasteiger partial charge in [0.2, 0.25) is 0 Å². The van der Waals surface area contributed by atoms with Crippen molar-refractivity contribution in [3.05, 3.63) is 68.5 Å². The van der Waals surface area contributed by atoms with Gasteiger partial charge in [-0.05, 0) is 37.3 Å². The molecule has 0 saturated heterocycles. The first kappa shape index (κ1) is 17.3. The molecule has 3 rings (SSSR count). The third-order valence-electron chi connectivity index (χ3n) is 3.45.